The number of anilines is 1. The van der Waals surface area contributed by atoms with E-state index in [0.717, 1.165) is 0 Å². The van der Waals surface area contributed by atoms with Crippen LogP contribution in [0, 0.1) is 0 Å². The summed E-state index contributed by atoms with van der Waals surface area (Å²) in [6.07, 6.45) is 0. The molecule has 1 aliphatic heterocycles. The summed E-state index contributed by atoms with van der Waals surface area (Å²) >= 11 is 0. The Balaban J connectivity index is 2.11. The molecular formula is C13H16N2O4S. The van der Waals surface area contributed by atoms with Gasteiger partial charge in [-0.25, -0.2) is 8.42 Å². The Morgan fingerprint density at radius 3 is 2.45 bits per heavy atom. The van der Waals surface area contributed by atoms with Crippen LogP contribution in [0.3, 0.4) is 0 Å². The molecule has 2 rings (SSSR count). The lowest BCUT2D eigenvalue weighted by atomic mass is 10.1. The number of carbonyl (C=O) groups is 2. The molecule has 0 bridgehead atoms. The molecule has 108 valence electrons. The van der Waals surface area contributed by atoms with Crippen LogP contribution in [0.2, 0.25) is 0 Å². The molecule has 6 nitrogen and oxygen atoms in total. The van der Waals surface area contributed by atoms with Crippen molar-refractivity contribution in [3.8, 4) is 0 Å². The van der Waals surface area contributed by atoms with Crippen LogP contribution >= 0.6 is 0 Å². The van der Waals surface area contributed by atoms with E-state index in [1.807, 2.05) is 0 Å². The monoisotopic (exact) mass is 296 g/mol. The number of rotatable bonds is 2. The number of carbonyl (C=O) groups excluding carboxylic acids is 2. The molecule has 0 atom stereocenters. The topological polar surface area (TPSA) is 83.6 Å². The van der Waals surface area contributed by atoms with E-state index in [9.17, 15) is 18.0 Å². The van der Waals surface area contributed by atoms with Gasteiger partial charge in [-0.1, -0.05) is 6.07 Å². The van der Waals surface area contributed by atoms with Gasteiger partial charge in [0.1, 0.15) is 0 Å². The maximum atomic E-state index is 12.3. The molecule has 1 aromatic carbocycles. The van der Waals surface area contributed by atoms with Crippen molar-refractivity contribution in [3.63, 3.8) is 0 Å². The number of benzene rings is 1. The van der Waals surface area contributed by atoms with E-state index in [4.69, 9.17) is 0 Å². The lowest BCUT2D eigenvalue weighted by Gasteiger charge is -2.26. The Labute approximate surface area is 117 Å². The molecule has 0 aromatic heterocycles. The van der Waals surface area contributed by atoms with E-state index >= 15 is 0 Å². The molecule has 2 amide bonds. The third-order valence-corrected chi connectivity index (χ3v) is 4.67. The second-order valence-electron chi connectivity index (χ2n) is 4.71. The zero-order chi connectivity index (χ0) is 14.8. The second-order valence-corrected chi connectivity index (χ2v) is 7.01. The standard InChI is InChI=1S/C13H16N2O4S/c1-10(16)14-12-4-2-3-11(9-12)13(17)15-5-7-20(18,19)8-6-15/h2-4,9H,5-8H2,1H3,(H,14,16). The fourth-order valence-corrected chi connectivity index (χ4v) is 3.23. The molecule has 0 aliphatic carbocycles. The van der Waals surface area contributed by atoms with Gasteiger partial charge in [-0.15, -0.1) is 0 Å². The lowest BCUT2D eigenvalue weighted by Crippen LogP contribution is -2.43. The summed E-state index contributed by atoms with van der Waals surface area (Å²) in [5.74, 6) is -0.417. The fraction of sp³-hybridized carbons (Fsp3) is 0.385. The van der Waals surface area contributed by atoms with Gasteiger partial charge >= 0.3 is 0 Å². The van der Waals surface area contributed by atoms with Crippen molar-refractivity contribution >= 4 is 27.3 Å². The van der Waals surface area contributed by atoms with Crippen molar-refractivity contribution in [2.75, 3.05) is 29.9 Å². The van der Waals surface area contributed by atoms with E-state index in [0.29, 0.717) is 11.3 Å². The highest BCUT2D eigenvalue weighted by molar-refractivity contribution is 7.91. The highest BCUT2D eigenvalue weighted by Crippen LogP contribution is 2.14. The van der Waals surface area contributed by atoms with Gasteiger partial charge < -0.3 is 10.2 Å². The minimum atomic E-state index is -3.01. The maximum Gasteiger partial charge on any atom is 0.253 e. The van der Waals surface area contributed by atoms with E-state index in [1.165, 1.54) is 11.8 Å². The molecule has 7 heteroatoms. The van der Waals surface area contributed by atoms with Crippen LogP contribution in [0.25, 0.3) is 0 Å². The quantitative estimate of drug-likeness (QED) is 0.862. The Hall–Kier alpha value is -1.89. The number of nitrogens with one attached hydrogen (secondary N) is 1. The third-order valence-electron chi connectivity index (χ3n) is 3.06. The molecule has 0 radical (unpaired) electrons. The van der Waals surface area contributed by atoms with E-state index in [1.54, 1.807) is 24.3 Å². The Morgan fingerprint density at radius 1 is 1.20 bits per heavy atom. The zero-order valence-corrected chi connectivity index (χ0v) is 11.9. The average Bonchev–Trinajstić information content (AvgIpc) is 2.37. The van der Waals surface area contributed by atoms with Gasteiger partial charge in [-0.05, 0) is 18.2 Å². The van der Waals surface area contributed by atoms with Crippen molar-refractivity contribution in [3.05, 3.63) is 29.8 Å². The first-order valence-corrected chi connectivity index (χ1v) is 8.07. The smallest absolute Gasteiger partial charge is 0.253 e. The summed E-state index contributed by atoms with van der Waals surface area (Å²) in [7, 11) is -3.01. The third kappa shape index (κ3) is 3.57. The van der Waals surface area contributed by atoms with Gasteiger partial charge in [0.05, 0.1) is 11.5 Å². The first kappa shape index (κ1) is 14.5. The van der Waals surface area contributed by atoms with Crippen molar-refractivity contribution in [1.29, 1.82) is 0 Å². The van der Waals surface area contributed by atoms with Crippen molar-refractivity contribution in [1.82, 2.24) is 4.90 Å². The highest BCUT2D eigenvalue weighted by atomic mass is 32.2. The molecule has 1 aromatic rings. The maximum absolute atomic E-state index is 12.3. The van der Waals surface area contributed by atoms with Crippen LogP contribution in [0.4, 0.5) is 5.69 Å². The second kappa shape index (κ2) is 5.62. The molecule has 0 spiro atoms. The predicted octanol–water partition coefficient (Wildman–Crippen LogP) is 0.516. The first-order chi connectivity index (χ1) is 9.37. The van der Waals surface area contributed by atoms with Gasteiger partial charge in [0, 0.05) is 31.3 Å². The molecule has 1 fully saturated rings. The Kier molecular flexibility index (Phi) is 4.08. The van der Waals surface area contributed by atoms with E-state index < -0.39 is 9.84 Å². The summed E-state index contributed by atoms with van der Waals surface area (Å²) in [5.41, 5.74) is 0.989. The molecule has 1 heterocycles. The molecule has 0 unspecified atom stereocenters. The summed E-state index contributed by atoms with van der Waals surface area (Å²) in [6.45, 7) is 1.82. The average molecular weight is 296 g/mol. The van der Waals surface area contributed by atoms with E-state index in [-0.39, 0.29) is 36.4 Å². The highest BCUT2D eigenvalue weighted by Gasteiger charge is 2.25. The largest absolute Gasteiger partial charge is 0.337 e. The van der Waals surface area contributed by atoms with Crippen LogP contribution in [0.5, 0.6) is 0 Å². The van der Waals surface area contributed by atoms with Crippen molar-refractivity contribution in [2.24, 2.45) is 0 Å². The summed E-state index contributed by atoms with van der Waals surface area (Å²) in [5, 5.41) is 2.61. The van der Waals surface area contributed by atoms with Crippen LogP contribution in [-0.4, -0.2) is 49.7 Å². The minimum absolute atomic E-state index is 0.00409. The van der Waals surface area contributed by atoms with Crippen LogP contribution in [0.1, 0.15) is 17.3 Å². The number of nitrogens with zero attached hydrogens (tertiary/aromatic N) is 1. The molecule has 20 heavy (non-hydrogen) atoms. The number of hydrogen-bond donors (Lipinski definition) is 1. The molecule has 0 saturated carbocycles. The number of sulfone groups is 1. The molecule has 1 N–H and O–H groups in total. The van der Waals surface area contributed by atoms with E-state index in [2.05, 4.69) is 5.32 Å². The van der Waals surface area contributed by atoms with Gasteiger partial charge in [-0.3, -0.25) is 9.59 Å². The SMILES string of the molecule is CC(=O)Nc1cccc(C(=O)N2CCS(=O)(=O)CC2)c1. The summed E-state index contributed by atoms with van der Waals surface area (Å²) in [6, 6.07) is 6.61. The van der Waals surface area contributed by atoms with Gasteiger partial charge in [0.15, 0.2) is 9.84 Å². The van der Waals surface area contributed by atoms with Gasteiger partial charge in [0.2, 0.25) is 5.91 Å². The molecule has 1 aliphatic rings. The van der Waals surface area contributed by atoms with Crippen molar-refractivity contribution < 1.29 is 18.0 Å². The number of amides is 2. The normalized spacial score (nSPS) is 17.6. The Bertz CT molecular complexity index is 626. The molecular weight excluding hydrogens is 280 g/mol. The van der Waals surface area contributed by atoms with Crippen LogP contribution in [-0.2, 0) is 14.6 Å². The summed E-state index contributed by atoms with van der Waals surface area (Å²) in [4.78, 5) is 24.8. The van der Waals surface area contributed by atoms with Gasteiger partial charge in [0.25, 0.3) is 5.91 Å². The minimum Gasteiger partial charge on any atom is -0.337 e. The first-order valence-electron chi connectivity index (χ1n) is 6.25. The van der Waals surface area contributed by atoms with Gasteiger partial charge in [-0.2, -0.15) is 0 Å². The van der Waals surface area contributed by atoms with Crippen LogP contribution < -0.4 is 5.32 Å². The zero-order valence-electron chi connectivity index (χ0n) is 11.1. The summed E-state index contributed by atoms with van der Waals surface area (Å²) < 4.78 is 22.7. The number of hydrogen-bond acceptors (Lipinski definition) is 4. The predicted molar refractivity (Wildman–Crippen MR) is 75.3 cm³/mol. The Morgan fingerprint density at radius 2 is 1.85 bits per heavy atom. The van der Waals surface area contributed by atoms with Crippen LogP contribution in [0.15, 0.2) is 24.3 Å². The van der Waals surface area contributed by atoms with Crippen molar-refractivity contribution in [2.45, 2.75) is 6.92 Å². The molecule has 1 saturated heterocycles. The fourth-order valence-electron chi connectivity index (χ4n) is 2.03. The lowest BCUT2D eigenvalue weighted by molar-refractivity contribution is -0.114.